The second-order valence-electron chi connectivity index (χ2n) is 8.86. The average molecular weight is 346 g/mol. The summed E-state index contributed by atoms with van der Waals surface area (Å²) in [7, 11) is 0. The molecule has 0 radical (unpaired) electrons. The van der Waals surface area contributed by atoms with Gasteiger partial charge in [0.2, 0.25) is 0 Å². The molecule has 1 heterocycles. The second kappa shape index (κ2) is 6.45. The SMILES string of the molecule is CC(C)(NN(c1ccccc1)C(C)(C)C(C)(C)C)C1CC(=O)OC1=O. The predicted octanol–water partition coefficient (Wildman–Crippen LogP) is 3.69. The van der Waals surface area contributed by atoms with Gasteiger partial charge in [-0.3, -0.25) is 9.59 Å². The summed E-state index contributed by atoms with van der Waals surface area (Å²) < 4.78 is 4.76. The minimum absolute atomic E-state index is 0.0437. The molecule has 25 heavy (non-hydrogen) atoms. The van der Waals surface area contributed by atoms with Crippen LogP contribution in [0.25, 0.3) is 0 Å². The van der Waals surface area contributed by atoms with Gasteiger partial charge in [-0.2, -0.15) is 0 Å². The third-order valence-corrected chi connectivity index (χ3v) is 5.55. The lowest BCUT2D eigenvalue weighted by Gasteiger charge is -2.52. The maximum Gasteiger partial charge on any atom is 0.319 e. The number of carbonyl (C=O) groups excluding carboxylic acids is 2. The fourth-order valence-electron chi connectivity index (χ4n) is 2.83. The molecule has 0 aromatic heterocycles. The van der Waals surface area contributed by atoms with Crippen LogP contribution in [0.3, 0.4) is 0 Å². The van der Waals surface area contributed by atoms with Crippen molar-refractivity contribution in [1.82, 2.24) is 5.43 Å². The van der Waals surface area contributed by atoms with Gasteiger partial charge in [0.25, 0.3) is 0 Å². The van der Waals surface area contributed by atoms with Gasteiger partial charge in [-0.1, -0.05) is 39.0 Å². The first-order valence-electron chi connectivity index (χ1n) is 8.74. The first-order valence-corrected chi connectivity index (χ1v) is 8.74. The molecule has 2 rings (SSSR count). The molecular weight excluding hydrogens is 316 g/mol. The highest BCUT2D eigenvalue weighted by atomic mass is 16.6. The van der Waals surface area contributed by atoms with Gasteiger partial charge < -0.3 is 9.75 Å². The average Bonchev–Trinajstić information content (AvgIpc) is 2.84. The number of hydrazine groups is 1. The van der Waals surface area contributed by atoms with E-state index >= 15 is 0 Å². The Morgan fingerprint density at radius 1 is 1.00 bits per heavy atom. The number of hydrogen-bond acceptors (Lipinski definition) is 5. The third kappa shape index (κ3) is 3.87. The van der Waals surface area contributed by atoms with Gasteiger partial charge in [-0.05, 0) is 45.2 Å². The summed E-state index contributed by atoms with van der Waals surface area (Å²) in [4.78, 5) is 23.6. The van der Waals surface area contributed by atoms with Crippen LogP contribution >= 0.6 is 0 Å². The number of nitrogens with one attached hydrogen (secondary N) is 1. The van der Waals surface area contributed by atoms with Gasteiger partial charge in [-0.15, -0.1) is 0 Å². The summed E-state index contributed by atoms with van der Waals surface area (Å²) in [5, 5.41) is 2.11. The minimum atomic E-state index is -0.637. The van der Waals surface area contributed by atoms with E-state index in [9.17, 15) is 9.59 Å². The van der Waals surface area contributed by atoms with Crippen LogP contribution in [0.15, 0.2) is 30.3 Å². The molecule has 1 aliphatic rings. The fraction of sp³-hybridized carbons (Fsp3) is 0.600. The Labute approximate surface area is 150 Å². The van der Waals surface area contributed by atoms with Crippen LogP contribution in [0.2, 0.25) is 0 Å². The molecule has 1 aromatic carbocycles. The van der Waals surface area contributed by atoms with Crippen LogP contribution in [-0.2, 0) is 14.3 Å². The Kier molecular flexibility index (Phi) is 5.01. The summed E-state index contributed by atoms with van der Waals surface area (Å²) >= 11 is 0. The van der Waals surface area contributed by atoms with Crippen molar-refractivity contribution in [1.29, 1.82) is 0 Å². The number of rotatable bonds is 5. The van der Waals surface area contributed by atoms with Crippen molar-refractivity contribution in [3.63, 3.8) is 0 Å². The van der Waals surface area contributed by atoms with E-state index in [0.29, 0.717) is 0 Å². The quantitative estimate of drug-likeness (QED) is 0.500. The molecule has 0 spiro atoms. The molecule has 1 unspecified atom stereocenters. The first kappa shape index (κ1) is 19.4. The molecule has 0 amide bonds. The largest absolute Gasteiger partial charge is 0.393 e. The molecule has 1 aromatic rings. The van der Waals surface area contributed by atoms with Crippen molar-refractivity contribution in [2.45, 2.75) is 66.0 Å². The number of benzene rings is 1. The lowest BCUT2D eigenvalue weighted by molar-refractivity contribution is -0.153. The fourth-order valence-corrected chi connectivity index (χ4v) is 2.83. The number of para-hydroxylation sites is 1. The van der Waals surface area contributed by atoms with E-state index < -0.39 is 23.4 Å². The Balaban J connectivity index is 2.40. The van der Waals surface area contributed by atoms with Crippen LogP contribution in [0, 0.1) is 11.3 Å². The highest BCUT2D eigenvalue weighted by molar-refractivity contribution is 5.95. The van der Waals surface area contributed by atoms with Gasteiger partial charge in [0.1, 0.15) is 0 Å². The highest BCUT2D eigenvalue weighted by Crippen LogP contribution is 2.39. The lowest BCUT2D eigenvalue weighted by atomic mass is 9.75. The van der Waals surface area contributed by atoms with E-state index in [1.165, 1.54) is 0 Å². The molecule has 1 atom stereocenters. The van der Waals surface area contributed by atoms with Crippen molar-refractivity contribution in [2.24, 2.45) is 11.3 Å². The number of ether oxygens (including phenoxy) is 1. The minimum Gasteiger partial charge on any atom is -0.393 e. The molecule has 1 aliphatic heterocycles. The Bertz CT molecular complexity index is 645. The summed E-state index contributed by atoms with van der Waals surface area (Å²) in [6.07, 6.45) is 0.109. The maximum absolute atomic E-state index is 12.1. The Morgan fingerprint density at radius 2 is 1.56 bits per heavy atom. The van der Waals surface area contributed by atoms with Crippen molar-refractivity contribution >= 4 is 17.6 Å². The van der Waals surface area contributed by atoms with Gasteiger partial charge in [0.15, 0.2) is 0 Å². The second-order valence-corrected chi connectivity index (χ2v) is 8.86. The van der Waals surface area contributed by atoms with E-state index in [4.69, 9.17) is 4.74 Å². The molecule has 138 valence electrons. The first-order chi connectivity index (χ1) is 11.4. The van der Waals surface area contributed by atoms with E-state index in [1.807, 2.05) is 44.2 Å². The Hall–Kier alpha value is -1.88. The van der Waals surface area contributed by atoms with E-state index in [1.54, 1.807) is 0 Å². The van der Waals surface area contributed by atoms with Crippen LogP contribution in [-0.4, -0.2) is 23.0 Å². The molecule has 0 saturated carbocycles. The third-order valence-electron chi connectivity index (χ3n) is 5.55. The Morgan fingerprint density at radius 3 is 2.00 bits per heavy atom. The molecule has 1 N–H and O–H groups in total. The zero-order valence-corrected chi connectivity index (χ0v) is 16.3. The molecule has 1 saturated heterocycles. The van der Waals surface area contributed by atoms with E-state index in [-0.39, 0.29) is 17.4 Å². The van der Waals surface area contributed by atoms with Crippen LogP contribution in [0.5, 0.6) is 0 Å². The number of hydrogen-bond donors (Lipinski definition) is 1. The predicted molar refractivity (Wildman–Crippen MR) is 98.9 cm³/mol. The molecule has 5 heteroatoms. The molecular formula is C20H30N2O3. The van der Waals surface area contributed by atoms with Gasteiger partial charge in [0.05, 0.1) is 23.6 Å². The van der Waals surface area contributed by atoms with Crippen molar-refractivity contribution in [3.8, 4) is 0 Å². The number of nitrogens with zero attached hydrogens (tertiary/aromatic N) is 1. The smallest absolute Gasteiger partial charge is 0.319 e. The van der Waals surface area contributed by atoms with Crippen LogP contribution < -0.4 is 10.4 Å². The molecule has 0 aliphatic carbocycles. The molecule has 0 bridgehead atoms. The lowest BCUT2D eigenvalue weighted by Crippen LogP contribution is -2.66. The number of carbonyl (C=O) groups is 2. The van der Waals surface area contributed by atoms with Crippen molar-refractivity contribution in [2.75, 3.05) is 5.01 Å². The van der Waals surface area contributed by atoms with Crippen LogP contribution in [0.4, 0.5) is 5.69 Å². The topological polar surface area (TPSA) is 58.6 Å². The van der Waals surface area contributed by atoms with Gasteiger partial charge in [0, 0.05) is 5.54 Å². The highest BCUT2D eigenvalue weighted by Gasteiger charge is 2.47. The van der Waals surface area contributed by atoms with Crippen molar-refractivity contribution in [3.05, 3.63) is 30.3 Å². The summed E-state index contributed by atoms with van der Waals surface area (Å²) in [6.45, 7) is 14.8. The molecule has 5 nitrogen and oxygen atoms in total. The van der Waals surface area contributed by atoms with Gasteiger partial charge >= 0.3 is 11.9 Å². The number of anilines is 1. The number of esters is 2. The van der Waals surface area contributed by atoms with E-state index in [0.717, 1.165) is 5.69 Å². The van der Waals surface area contributed by atoms with Crippen molar-refractivity contribution < 1.29 is 14.3 Å². The summed E-state index contributed by atoms with van der Waals surface area (Å²) in [6, 6.07) is 10.0. The van der Waals surface area contributed by atoms with E-state index in [2.05, 4.69) is 45.1 Å². The van der Waals surface area contributed by atoms with Crippen LogP contribution in [0.1, 0.15) is 54.9 Å². The monoisotopic (exact) mass is 346 g/mol. The summed E-state index contributed by atoms with van der Waals surface area (Å²) in [5.41, 5.74) is 3.59. The zero-order valence-electron chi connectivity index (χ0n) is 16.3. The standard InChI is InChI=1S/C20H30N2O3/c1-18(2,3)20(6,7)22(14-11-9-8-10-12-14)21-19(4,5)15-13-16(23)25-17(15)24/h8-12,15,21H,13H2,1-7H3. The summed E-state index contributed by atoms with van der Waals surface area (Å²) in [5.74, 6) is -1.42. The molecule has 1 fully saturated rings. The van der Waals surface area contributed by atoms with Gasteiger partial charge in [-0.25, -0.2) is 5.43 Å². The maximum atomic E-state index is 12.1. The normalized spacial score (nSPS) is 19.1. The number of cyclic esters (lactones) is 2. The zero-order chi connectivity index (χ0) is 19.0.